The molecule has 0 bridgehead atoms. The third-order valence-electron chi connectivity index (χ3n) is 3.08. The summed E-state index contributed by atoms with van der Waals surface area (Å²) in [6.45, 7) is 0.912. The van der Waals surface area contributed by atoms with E-state index in [4.69, 9.17) is 5.11 Å². The van der Waals surface area contributed by atoms with E-state index in [1.54, 1.807) is 4.90 Å². The van der Waals surface area contributed by atoms with E-state index >= 15 is 0 Å². The molecule has 0 aromatic heterocycles. The summed E-state index contributed by atoms with van der Waals surface area (Å²) in [5.74, 6) is -0.0965. The molecule has 2 aliphatic rings. The number of likely N-dealkylation sites (tertiary alicyclic amines) is 1. The fourth-order valence-corrected chi connectivity index (χ4v) is 3.28. The highest BCUT2D eigenvalue weighted by Gasteiger charge is 2.37. The number of rotatable bonds is 1. The molecule has 0 radical (unpaired) electrons. The Bertz CT molecular complexity index is 325. The van der Waals surface area contributed by atoms with Crippen LogP contribution in [-0.2, 0) is 4.79 Å². The first-order valence-electron chi connectivity index (χ1n) is 5.63. The maximum atomic E-state index is 12.1. The molecule has 2 N–H and O–H groups in total. The van der Waals surface area contributed by atoms with Gasteiger partial charge in [0.25, 0.3) is 0 Å². The van der Waals surface area contributed by atoms with Gasteiger partial charge in [0.15, 0.2) is 0 Å². The molecule has 7 heteroatoms. The van der Waals surface area contributed by atoms with Crippen molar-refractivity contribution in [2.45, 2.75) is 25.0 Å². The van der Waals surface area contributed by atoms with Crippen LogP contribution < -0.4 is 0 Å². The first-order chi connectivity index (χ1) is 8.09. The minimum Gasteiger partial charge on any atom is -0.480 e. The van der Waals surface area contributed by atoms with Crippen LogP contribution in [0.4, 0.5) is 4.79 Å². The van der Waals surface area contributed by atoms with Crippen molar-refractivity contribution in [3.8, 4) is 0 Å². The summed E-state index contributed by atoms with van der Waals surface area (Å²) >= 11 is 1.45. The number of urea groups is 1. The Morgan fingerprint density at radius 1 is 1.35 bits per heavy atom. The molecule has 2 saturated heterocycles. The fourth-order valence-electron chi connectivity index (χ4n) is 2.15. The molecule has 17 heavy (non-hydrogen) atoms. The predicted molar refractivity (Wildman–Crippen MR) is 62.8 cm³/mol. The summed E-state index contributed by atoms with van der Waals surface area (Å²) in [4.78, 5) is 26.0. The Morgan fingerprint density at radius 2 is 2.12 bits per heavy atom. The minimum absolute atomic E-state index is 0.263. The van der Waals surface area contributed by atoms with Crippen LogP contribution in [0.5, 0.6) is 0 Å². The van der Waals surface area contributed by atoms with Gasteiger partial charge in [0.2, 0.25) is 0 Å². The highest BCUT2D eigenvalue weighted by Crippen LogP contribution is 2.23. The lowest BCUT2D eigenvalue weighted by molar-refractivity contribution is -0.141. The van der Waals surface area contributed by atoms with Gasteiger partial charge in [0.05, 0.1) is 12.0 Å². The SMILES string of the molecule is O=C(O)C1CSCN1C(=O)N1CCCC(O)C1. The second-order valence-corrected chi connectivity index (χ2v) is 5.35. The van der Waals surface area contributed by atoms with E-state index in [9.17, 15) is 14.7 Å². The maximum absolute atomic E-state index is 12.1. The number of carboxylic acids is 1. The molecule has 0 saturated carbocycles. The minimum atomic E-state index is -0.957. The van der Waals surface area contributed by atoms with Crippen LogP contribution in [0.2, 0.25) is 0 Å². The molecule has 96 valence electrons. The van der Waals surface area contributed by atoms with Gasteiger partial charge in [-0.15, -0.1) is 11.8 Å². The van der Waals surface area contributed by atoms with Crippen molar-refractivity contribution in [3.05, 3.63) is 0 Å². The number of β-amino-alcohol motifs (C(OH)–C–C–N with tert-alkyl or cyclic N) is 1. The summed E-state index contributed by atoms with van der Waals surface area (Å²) in [6, 6.07) is -0.993. The molecule has 0 spiro atoms. The van der Waals surface area contributed by atoms with Gasteiger partial charge in [0, 0.05) is 18.8 Å². The van der Waals surface area contributed by atoms with Gasteiger partial charge in [-0.1, -0.05) is 0 Å². The molecule has 0 aliphatic carbocycles. The van der Waals surface area contributed by atoms with Gasteiger partial charge in [0.1, 0.15) is 6.04 Å². The van der Waals surface area contributed by atoms with Crippen molar-refractivity contribution in [1.29, 1.82) is 0 Å². The monoisotopic (exact) mass is 260 g/mol. The number of aliphatic hydroxyl groups is 1. The summed E-state index contributed by atoms with van der Waals surface area (Å²) in [5, 5.41) is 18.5. The van der Waals surface area contributed by atoms with Crippen LogP contribution in [-0.4, -0.2) is 68.9 Å². The van der Waals surface area contributed by atoms with E-state index in [1.807, 2.05) is 0 Å². The first kappa shape index (κ1) is 12.5. The van der Waals surface area contributed by atoms with Crippen LogP contribution >= 0.6 is 11.8 Å². The zero-order valence-electron chi connectivity index (χ0n) is 9.41. The van der Waals surface area contributed by atoms with Gasteiger partial charge < -0.3 is 20.0 Å². The Labute approximate surface area is 104 Å². The number of thioether (sulfide) groups is 1. The Kier molecular flexibility index (Phi) is 3.78. The third-order valence-corrected chi connectivity index (χ3v) is 4.09. The zero-order chi connectivity index (χ0) is 12.4. The van der Waals surface area contributed by atoms with Gasteiger partial charge in [-0.2, -0.15) is 0 Å². The number of piperidine rings is 1. The molecule has 6 nitrogen and oxygen atoms in total. The number of aliphatic hydroxyl groups excluding tert-OH is 1. The van der Waals surface area contributed by atoms with Crippen molar-refractivity contribution in [1.82, 2.24) is 9.80 Å². The summed E-state index contributed by atoms with van der Waals surface area (Å²) in [5.41, 5.74) is 0. The van der Waals surface area contributed by atoms with Crippen molar-refractivity contribution in [2.24, 2.45) is 0 Å². The van der Waals surface area contributed by atoms with Crippen LogP contribution in [0.25, 0.3) is 0 Å². The average molecular weight is 260 g/mol. The summed E-state index contributed by atoms with van der Waals surface area (Å²) < 4.78 is 0. The number of hydrogen-bond donors (Lipinski definition) is 2. The molecular weight excluding hydrogens is 244 g/mol. The summed E-state index contributed by atoms with van der Waals surface area (Å²) in [6.07, 6.45) is 0.998. The number of aliphatic carboxylic acids is 1. The first-order valence-corrected chi connectivity index (χ1v) is 6.79. The molecule has 2 rings (SSSR count). The van der Waals surface area contributed by atoms with Gasteiger partial charge in [-0.3, -0.25) is 0 Å². The second kappa shape index (κ2) is 5.14. The lowest BCUT2D eigenvalue weighted by Gasteiger charge is -2.34. The molecule has 0 aromatic rings. The maximum Gasteiger partial charge on any atom is 0.327 e. The third kappa shape index (κ3) is 2.66. The van der Waals surface area contributed by atoms with Crippen LogP contribution in [0.15, 0.2) is 0 Å². The zero-order valence-corrected chi connectivity index (χ0v) is 10.2. The average Bonchev–Trinajstić information content (AvgIpc) is 2.77. The van der Waals surface area contributed by atoms with Crippen LogP contribution in [0.3, 0.4) is 0 Å². The van der Waals surface area contributed by atoms with E-state index in [0.29, 0.717) is 31.1 Å². The van der Waals surface area contributed by atoms with E-state index in [-0.39, 0.29) is 6.03 Å². The Balaban J connectivity index is 2.01. The Hall–Kier alpha value is -0.950. The number of carbonyl (C=O) groups is 2. The van der Waals surface area contributed by atoms with Crippen molar-refractivity contribution < 1.29 is 19.8 Å². The number of carbonyl (C=O) groups excluding carboxylic acids is 1. The lowest BCUT2D eigenvalue weighted by atomic mass is 10.1. The predicted octanol–water partition coefficient (Wildman–Crippen LogP) is 0.0226. The molecular formula is C10H16N2O4S. The molecule has 2 heterocycles. The van der Waals surface area contributed by atoms with Gasteiger partial charge >= 0.3 is 12.0 Å². The van der Waals surface area contributed by atoms with Crippen molar-refractivity contribution in [3.63, 3.8) is 0 Å². The number of hydrogen-bond acceptors (Lipinski definition) is 4. The fraction of sp³-hybridized carbons (Fsp3) is 0.800. The normalized spacial score (nSPS) is 29.5. The molecule has 2 aliphatic heterocycles. The molecule has 2 unspecified atom stereocenters. The largest absolute Gasteiger partial charge is 0.480 e. The molecule has 2 atom stereocenters. The van der Waals surface area contributed by atoms with E-state index < -0.39 is 18.1 Å². The van der Waals surface area contributed by atoms with Gasteiger partial charge in [-0.25, -0.2) is 9.59 Å². The number of nitrogens with zero attached hydrogens (tertiary/aromatic N) is 2. The molecule has 0 aromatic carbocycles. The lowest BCUT2D eigenvalue weighted by Crippen LogP contribution is -2.52. The van der Waals surface area contributed by atoms with Crippen molar-refractivity contribution in [2.75, 3.05) is 24.7 Å². The second-order valence-electron chi connectivity index (χ2n) is 4.35. The topological polar surface area (TPSA) is 81.1 Å². The highest BCUT2D eigenvalue weighted by atomic mass is 32.2. The van der Waals surface area contributed by atoms with E-state index in [2.05, 4.69) is 0 Å². The van der Waals surface area contributed by atoms with Crippen LogP contribution in [0, 0.1) is 0 Å². The summed E-state index contributed by atoms with van der Waals surface area (Å²) in [7, 11) is 0. The number of carboxylic acid groups (broad SMARTS) is 1. The van der Waals surface area contributed by atoms with E-state index in [1.165, 1.54) is 16.7 Å². The quantitative estimate of drug-likeness (QED) is 0.695. The van der Waals surface area contributed by atoms with Crippen molar-refractivity contribution >= 4 is 23.8 Å². The Morgan fingerprint density at radius 3 is 2.76 bits per heavy atom. The number of amides is 2. The van der Waals surface area contributed by atoms with Crippen LogP contribution in [0.1, 0.15) is 12.8 Å². The smallest absolute Gasteiger partial charge is 0.327 e. The van der Waals surface area contributed by atoms with E-state index in [0.717, 1.165) is 6.42 Å². The highest BCUT2D eigenvalue weighted by molar-refractivity contribution is 7.99. The molecule has 2 amide bonds. The van der Waals surface area contributed by atoms with Gasteiger partial charge in [-0.05, 0) is 12.8 Å². The molecule has 2 fully saturated rings. The standard InChI is InChI=1S/C10H16N2O4S/c13-7-2-1-3-11(4-7)10(16)12-6-17-5-8(12)9(14)15/h7-8,13H,1-6H2,(H,14,15).